The lowest BCUT2D eigenvalue weighted by molar-refractivity contribution is 0.331. The Labute approximate surface area is 156 Å². The largest absolute Gasteiger partial charge is 0.464 e. The van der Waals surface area contributed by atoms with Crippen LogP contribution in [0.2, 0.25) is 0 Å². The predicted molar refractivity (Wildman–Crippen MR) is 103 cm³/mol. The molecule has 0 amide bonds. The number of hydrogen-bond donors (Lipinski definition) is 1. The van der Waals surface area contributed by atoms with E-state index in [2.05, 4.69) is 26.1 Å². The van der Waals surface area contributed by atoms with Crippen molar-refractivity contribution in [2.75, 3.05) is 13.1 Å². The number of rotatable bonds is 5. The third-order valence-corrected chi connectivity index (χ3v) is 4.99. The molecule has 1 aromatic carbocycles. The molecular formula is C21H20N4O2. The Morgan fingerprint density at radius 1 is 1.11 bits per heavy atom. The standard InChI is InChI=1S/C21H20N4O2/c1-2-10-25(9-1)13-16-14-26-20-11-17(4-5-18(16)20)27-21-6-3-15(12-22-21)19-7-8-23-24-19/h3-8,11-12,14H,1-2,9-10,13H2,(H,23,24). The Morgan fingerprint density at radius 2 is 2.04 bits per heavy atom. The third kappa shape index (κ3) is 3.31. The molecule has 4 heterocycles. The maximum absolute atomic E-state index is 5.89. The Hall–Kier alpha value is -3.12. The van der Waals surface area contributed by atoms with Gasteiger partial charge in [-0.1, -0.05) is 0 Å². The Kier molecular flexibility index (Phi) is 4.10. The van der Waals surface area contributed by atoms with Gasteiger partial charge in [-0.3, -0.25) is 10.00 Å². The van der Waals surface area contributed by atoms with Crippen LogP contribution in [-0.2, 0) is 6.54 Å². The third-order valence-electron chi connectivity index (χ3n) is 4.99. The number of ether oxygens (including phenoxy) is 1. The second-order valence-electron chi connectivity index (χ2n) is 6.86. The molecule has 5 rings (SSSR count). The molecule has 0 spiro atoms. The Morgan fingerprint density at radius 3 is 2.81 bits per heavy atom. The molecule has 136 valence electrons. The predicted octanol–water partition coefficient (Wildman–Crippen LogP) is 4.61. The fourth-order valence-electron chi connectivity index (χ4n) is 3.57. The van der Waals surface area contributed by atoms with E-state index in [1.807, 2.05) is 36.6 Å². The van der Waals surface area contributed by atoms with Crippen molar-refractivity contribution in [1.29, 1.82) is 0 Å². The number of benzene rings is 1. The van der Waals surface area contributed by atoms with Crippen molar-refractivity contribution in [2.24, 2.45) is 0 Å². The molecule has 6 nitrogen and oxygen atoms in total. The van der Waals surface area contributed by atoms with Gasteiger partial charge in [0, 0.05) is 47.6 Å². The second-order valence-corrected chi connectivity index (χ2v) is 6.86. The minimum Gasteiger partial charge on any atom is -0.464 e. The lowest BCUT2D eigenvalue weighted by Gasteiger charge is -2.13. The number of likely N-dealkylation sites (tertiary alicyclic amines) is 1. The summed E-state index contributed by atoms with van der Waals surface area (Å²) in [6.45, 7) is 3.30. The van der Waals surface area contributed by atoms with Gasteiger partial charge in [0.05, 0.1) is 12.0 Å². The zero-order valence-corrected chi connectivity index (χ0v) is 14.9. The maximum Gasteiger partial charge on any atom is 0.219 e. The van der Waals surface area contributed by atoms with Gasteiger partial charge in [-0.2, -0.15) is 5.10 Å². The fraction of sp³-hybridized carbons (Fsp3) is 0.238. The summed E-state index contributed by atoms with van der Waals surface area (Å²) in [5.74, 6) is 1.26. The number of aromatic amines is 1. The summed E-state index contributed by atoms with van der Waals surface area (Å²) in [5, 5.41) is 8.03. The van der Waals surface area contributed by atoms with Gasteiger partial charge in [0.2, 0.25) is 5.88 Å². The molecule has 1 fully saturated rings. The first-order valence-corrected chi connectivity index (χ1v) is 9.21. The monoisotopic (exact) mass is 360 g/mol. The van der Waals surface area contributed by atoms with Crippen LogP contribution in [-0.4, -0.2) is 33.2 Å². The quantitative estimate of drug-likeness (QED) is 0.563. The van der Waals surface area contributed by atoms with Crippen molar-refractivity contribution >= 4 is 11.0 Å². The van der Waals surface area contributed by atoms with Gasteiger partial charge >= 0.3 is 0 Å². The van der Waals surface area contributed by atoms with Crippen molar-refractivity contribution in [3.63, 3.8) is 0 Å². The van der Waals surface area contributed by atoms with Crippen LogP contribution in [0.4, 0.5) is 0 Å². The summed E-state index contributed by atoms with van der Waals surface area (Å²) in [6.07, 6.45) is 7.93. The van der Waals surface area contributed by atoms with Crippen LogP contribution in [0, 0.1) is 0 Å². The average molecular weight is 360 g/mol. The van der Waals surface area contributed by atoms with Gasteiger partial charge in [0.1, 0.15) is 11.3 Å². The first-order valence-electron chi connectivity index (χ1n) is 9.21. The van der Waals surface area contributed by atoms with Crippen LogP contribution in [0.1, 0.15) is 18.4 Å². The zero-order valence-electron chi connectivity index (χ0n) is 14.9. The smallest absolute Gasteiger partial charge is 0.219 e. The molecule has 0 aliphatic carbocycles. The van der Waals surface area contributed by atoms with Gasteiger partial charge < -0.3 is 9.15 Å². The number of pyridine rings is 1. The van der Waals surface area contributed by atoms with E-state index >= 15 is 0 Å². The number of fused-ring (bicyclic) bond motifs is 1. The molecule has 0 radical (unpaired) electrons. The highest BCUT2D eigenvalue weighted by atomic mass is 16.5. The summed E-state index contributed by atoms with van der Waals surface area (Å²) in [6, 6.07) is 11.7. The van der Waals surface area contributed by atoms with Crippen LogP contribution in [0.5, 0.6) is 11.6 Å². The van der Waals surface area contributed by atoms with Crippen molar-refractivity contribution in [1.82, 2.24) is 20.1 Å². The van der Waals surface area contributed by atoms with E-state index in [0.717, 1.165) is 28.8 Å². The molecule has 0 atom stereocenters. The van der Waals surface area contributed by atoms with Crippen LogP contribution in [0.3, 0.4) is 0 Å². The SMILES string of the molecule is c1cc(-c2ccc(Oc3ccc4c(CN5CCCC5)coc4c3)nc2)[nH]n1. The molecule has 1 aliphatic rings. The lowest BCUT2D eigenvalue weighted by atomic mass is 10.1. The molecule has 0 unspecified atom stereocenters. The topological polar surface area (TPSA) is 67.2 Å². The Bertz CT molecular complexity index is 1030. The molecule has 1 aliphatic heterocycles. The van der Waals surface area contributed by atoms with Gasteiger partial charge in [-0.15, -0.1) is 0 Å². The van der Waals surface area contributed by atoms with E-state index in [9.17, 15) is 0 Å². The number of H-pyrrole nitrogens is 1. The fourth-order valence-corrected chi connectivity index (χ4v) is 3.57. The van der Waals surface area contributed by atoms with Gasteiger partial charge in [0.15, 0.2) is 0 Å². The molecule has 6 heteroatoms. The number of aromatic nitrogens is 3. The first-order chi connectivity index (χ1) is 13.3. The normalized spacial score (nSPS) is 14.8. The van der Waals surface area contributed by atoms with Crippen LogP contribution in [0.15, 0.2) is 59.5 Å². The second kappa shape index (κ2) is 6.89. The van der Waals surface area contributed by atoms with E-state index in [1.165, 1.54) is 31.5 Å². The average Bonchev–Trinajstić information content (AvgIpc) is 3.45. The number of nitrogens with one attached hydrogen (secondary N) is 1. The summed E-state index contributed by atoms with van der Waals surface area (Å²) in [7, 11) is 0. The van der Waals surface area contributed by atoms with Crippen molar-refractivity contribution < 1.29 is 9.15 Å². The Balaban J connectivity index is 1.33. The summed E-state index contributed by atoms with van der Waals surface area (Å²) < 4.78 is 11.7. The van der Waals surface area contributed by atoms with Gasteiger partial charge in [0.25, 0.3) is 0 Å². The van der Waals surface area contributed by atoms with Gasteiger partial charge in [-0.25, -0.2) is 4.98 Å². The maximum atomic E-state index is 5.89. The summed E-state index contributed by atoms with van der Waals surface area (Å²) in [5.41, 5.74) is 3.97. The van der Waals surface area contributed by atoms with Crippen molar-refractivity contribution in [2.45, 2.75) is 19.4 Å². The molecule has 27 heavy (non-hydrogen) atoms. The number of hydrogen-bond acceptors (Lipinski definition) is 5. The summed E-state index contributed by atoms with van der Waals surface area (Å²) in [4.78, 5) is 6.85. The van der Waals surface area contributed by atoms with Crippen LogP contribution >= 0.6 is 0 Å². The van der Waals surface area contributed by atoms with Crippen LogP contribution < -0.4 is 4.74 Å². The minimum absolute atomic E-state index is 0.543. The first kappa shape index (κ1) is 16.1. The van der Waals surface area contributed by atoms with E-state index in [0.29, 0.717) is 11.6 Å². The minimum atomic E-state index is 0.543. The van der Waals surface area contributed by atoms with E-state index in [4.69, 9.17) is 9.15 Å². The van der Waals surface area contributed by atoms with E-state index in [-0.39, 0.29) is 0 Å². The molecule has 0 saturated carbocycles. The van der Waals surface area contributed by atoms with Crippen molar-refractivity contribution in [3.8, 4) is 22.9 Å². The van der Waals surface area contributed by atoms with E-state index < -0.39 is 0 Å². The number of furan rings is 1. The molecular weight excluding hydrogens is 340 g/mol. The molecule has 0 bridgehead atoms. The number of nitrogens with zero attached hydrogens (tertiary/aromatic N) is 3. The molecule has 1 N–H and O–H groups in total. The highest BCUT2D eigenvalue weighted by molar-refractivity contribution is 5.82. The summed E-state index contributed by atoms with van der Waals surface area (Å²) >= 11 is 0. The van der Waals surface area contributed by atoms with Crippen molar-refractivity contribution in [3.05, 3.63) is 60.6 Å². The molecule has 3 aromatic heterocycles. The lowest BCUT2D eigenvalue weighted by Crippen LogP contribution is -2.17. The highest BCUT2D eigenvalue weighted by Gasteiger charge is 2.15. The van der Waals surface area contributed by atoms with Gasteiger partial charge in [-0.05, 0) is 50.2 Å². The highest BCUT2D eigenvalue weighted by Crippen LogP contribution is 2.29. The zero-order chi connectivity index (χ0) is 18.1. The molecule has 4 aromatic rings. The molecule has 1 saturated heterocycles. The van der Waals surface area contributed by atoms with E-state index in [1.54, 1.807) is 12.4 Å². The van der Waals surface area contributed by atoms with Crippen LogP contribution in [0.25, 0.3) is 22.2 Å².